The van der Waals surface area contributed by atoms with Crippen LogP contribution in [0.5, 0.6) is 0 Å². The maximum absolute atomic E-state index is 14.1. The van der Waals surface area contributed by atoms with Crippen molar-refractivity contribution < 1.29 is 18.8 Å². The number of carbonyl (C=O) groups is 1. The lowest BCUT2D eigenvalue weighted by Gasteiger charge is -2.06. The highest BCUT2D eigenvalue weighted by Crippen LogP contribution is 2.29. The molecule has 3 rings (SSSR count). The van der Waals surface area contributed by atoms with Crippen molar-refractivity contribution in [3.05, 3.63) is 69.2 Å². The van der Waals surface area contributed by atoms with Gasteiger partial charge in [0.05, 0.1) is 17.1 Å². The van der Waals surface area contributed by atoms with Gasteiger partial charge in [0.1, 0.15) is 11.5 Å². The van der Waals surface area contributed by atoms with E-state index in [0.717, 1.165) is 4.68 Å². The number of esters is 1. The summed E-state index contributed by atoms with van der Waals surface area (Å²) in [5.74, 6) is -1.92. The molecule has 0 saturated heterocycles. The lowest BCUT2D eigenvalue weighted by molar-refractivity contribution is -0.384. The minimum Gasteiger partial charge on any atom is -0.460 e. The zero-order valence-corrected chi connectivity index (χ0v) is 14.7. The summed E-state index contributed by atoms with van der Waals surface area (Å²) >= 11 is 5.95. The molecule has 27 heavy (non-hydrogen) atoms. The Labute approximate surface area is 157 Å². The predicted molar refractivity (Wildman–Crippen MR) is 94.4 cm³/mol. The van der Waals surface area contributed by atoms with E-state index in [1.54, 1.807) is 13.0 Å². The third-order valence-corrected chi connectivity index (χ3v) is 3.78. The molecule has 3 aromatic rings. The fraction of sp³-hybridized carbons (Fsp3) is 0.118. The highest BCUT2D eigenvalue weighted by molar-refractivity contribution is 6.30. The van der Waals surface area contributed by atoms with Crippen LogP contribution in [0.15, 0.2) is 42.5 Å². The number of nitrogens with zero attached hydrogens (tertiary/aromatic N) is 4. The number of hydrogen-bond donors (Lipinski definition) is 0. The summed E-state index contributed by atoms with van der Waals surface area (Å²) in [4.78, 5) is 27.1. The molecule has 1 aromatic heterocycles. The summed E-state index contributed by atoms with van der Waals surface area (Å²) in [6.07, 6.45) is 0. The van der Waals surface area contributed by atoms with Gasteiger partial charge in [0.15, 0.2) is 5.82 Å². The summed E-state index contributed by atoms with van der Waals surface area (Å²) in [6.45, 7) is 1.65. The molecule has 138 valence electrons. The van der Waals surface area contributed by atoms with Crippen molar-refractivity contribution in [1.29, 1.82) is 0 Å². The zero-order valence-electron chi connectivity index (χ0n) is 13.9. The van der Waals surface area contributed by atoms with Crippen LogP contribution in [-0.2, 0) is 4.74 Å². The lowest BCUT2D eigenvalue weighted by atomic mass is 10.2. The first-order valence-corrected chi connectivity index (χ1v) is 8.13. The minimum atomic E-state index is -0.859. The monoisotopic (exact) mass is 390 g/mol. The van der Waals surface area contributed by atoms with Crippen molar-refractivity contribution in [2.45, 2.75) is 6.92 Å². The molecular weight excluding hydrogens is 379 g/mol. The molecule has 0 fully saturated rings. The Morgan fingerprint density at radius 2 is 2.07 bits per heavy atom. The summed E-state index contributed by atoms with van der Waals surface area (Å²) < 4.78 is 20.0. The van der Waals surface area contributed by atoms with Gasteiger partial charge in [-0.3, -0.25) is 10.1 Å². The van der Waals surface area contributed by atoms with E-state index in [0.29, 0.717) is 0 Å². The number of carbonyl (C=O) groups excluding carboxylic acids is 1. The van der Waals surface area contributed by atoms with Crippen LogP contribution in [0.2, 0.25) is 5.02 Å². The molecule has 0 N–H and O–H groups in total. The second-order valence-electron chi connectivity index (χ2n) is 5.26. The number of rotatable bonds is 5. The number of benzene rings is 2. The molecule has 10 heteroatoms. The Kier molecular flexibility index (Phi) is 5.13. The lowest BCUT2D eigenvalue weighted by Crippen LogP contribution is -2.14. The normalized spacial score (nSPS) is 10.6. The van der Waals surface area contributed by atoms with Crippen molar-refractivity contribution in [3.63, 3.8) is 0 Å². The van der Waals surface area contributed by atoms with E-state index >= 15 is 0 Å². The number of nitro groups is 1. The smallest absolute Gasteiger partial charge is 0.376 e. The molecule has 0 radical (unpaired) electrons. The molecule has 8 nitrogen and oxygen atoms in total. The van der Waals surface area contributed by atoms with Gasteiger partial charge in [-0.25, -0.2) is 14.2 Å². The number of aromatic nitrogens is 3. The van der Waals surface area contributed by atoms with Gasteiger partial charge in [-0.15, -0.1) is 5.10 Å². The third kappa shape index (κ3) is 3.63. The summed E-state index contributed by atoms with van der Waals surface area (Å²) in [5, 5.41) is 15.7. The maximum Gasteiger partial charge on any atom is 0.376 e. The van der Waals surface area contributed by atoms with Gasteiger partial charge < -0.3 is 4.74 Å². The standard InChI is InChI=1S/C17H12ClFN4O4/c1-2-27-17(24)16-20-15(11-5-3-4-6-12(11)19)21-22(16)14-9-10(18)7-8-13(14)23(25)26/h3-9H,2H2,1H3. The zero-order chi connectivity index (χ0) is 19.6. The molecule has 0 atom stereocenters. The Hall–Kier alpha value is -3.33. The van der Waals surface area contributed by atoms with Gasteiger partial charge >= 0.3 is 5.97 Å². The van der Waals surface area contributed by atoms with Crippen molar-refractivity contribution in [1.82, 2.24) is 14.8 Å². The third-order valence-electron chi connectivity index (χ3n) is 3.54. The van der Waals surface area contributed by atoms with Crippen LogP contribution in [0.1, 0.15) is 17.5 Å². The first-order valence-electron chi connectivity index (χ1n) is 7.75. The summed E-state index contributed by atoms with van der Waals surface area (Å²) in [6, 6.07) is 9.48. The Balaban J connectivity index is 2.26. The molecule has 0 bridgehead atoms. The minimum absolute atomic E-state index is 0.0338. The van der Waals surface area contributed by atoms with Crippen LogP contribution in [0.25, 0.3) is 17.1 Å². The highest BCUT2D eigenvalue weighted by atomic mass is 35.5. The molecule has 0 saturated carbocycles. The number of halogens is 2. The first kappa shape index (κ1) is 18.5. The van der Waals surface area contributed by atoms with Crippen LogP contribution < -0.4 is 0 Å². The molecule has 0 spiro atoms. The summed E-state index contributed by atoms with van der Waals surface area (Å²) in [5.41, 5.74) is -0.410. The van der Waals surface area contributed by atoms with E-state index in [-0.39, 0.29) is 40.2 Å². The van der Waals surface area contributed by atoms with Gasteiger partial charge in [0, 0.05) is 11.1 Å². The fourth-order valence-electron chi connectivity index (χ4n) is 2.39. The van der Waals surface area contributed by atoms with Crippen molar-refractivity contribution in [2.75, 3.05) is 6.61 Å². The van der Waals surface area contributed by atoms with Gasteiger partial charge in [-0.1, -0.05) is 23.7 Å². The van der Waals surface area contributed by atoms with E-state index in [4.69, 9.17) is 16.3 Å². The van der Waals surface area contributed by atoms with Gasteiger partial charge in [0.25, 0.3) is 5.69 Å². The van der Waals surface area contributed by atoms with Crippen molar-refractivity contribution in [2.24, 2.45) is 0 Å². The first-order chi connectivity index (χ1) is 12.9. The average Bonchev–Trinajstić information content (AvgIpc) is 3.07. The van der Waals surface area contributed by atoms with Crippen LogP contribution in [-0.4, -0.2) is 32.3 Å². The van der Waals surface area contributed by atoms with E-state index < -0.39 is 16.7 Å². The Morgan fingerprint density at radius 1 is 1.33 bits per heavy atom. The van der Waals surface area contributed by atoms with Gasteiger partial charge in [-0.2, -0.15) is 4.68 Å². The SMILES string of the molecule is CCOC(=O)c1nc(-c2ccccc2F)nn1-c1cc(Cl)ccc1[N+](=O)[O-]. The maximum atomic E-state index is 14.1. The predicted octanol–water partition coefficient (Wildman–Crippen LogP) is 3.81. The Morgan fingerprint density at radius 3 is 2.74 bits per heavy atom. The molecule has 0 aliphatic rings. The quantitative estimate of drug-likeness (QED) is 0.373. The number of hydrogen-bond acceptors (Lipinski definition) is 6. The molecule has 0 amide bonds. The average molecular weight is 391 g/mol. The largest absolute Gasteiger partial charge is 0.460 e. The van der Waals surface area contributed by atoms with Gasteiger partial charge in [-0.05, 0) is 31.2 Å². The van der Waals surface area contributed by atoms with Crippen LogP contribution >= 0.6 is 11.6 Å². The van der Waals surface area contributed by atoms with Crippen molar-refractivity contribution >= 4 is 23.3 Å². The van der Waals surface area contributed by atoms with E-state index in [1.807, 2.05) is 0 Å². The second-order valence-corrected chi connectivity index (χ2v) is 5.70. The fourth-order valence-corrected chi connectivity index (χ4v) is 2.55. The number of nitro benzene ring substituents is 1. The van der Waals surface area contributed by atoms with Crippen LogP contribution in [0.4, 0.5) is 10.1 Å². The Bertz CT molecular complexity index is 1040. The number of ether oxygens (including phenoxy) is 1. The molecular formula is C17H12ClFN4O4. The molecule has 0 aliphatic heterocycles. The van der Waals surface area contributed by atoms with E-state index in [2.05, 4.69) is 10.1 Å². The summed E-state index contributed by atoms with van der Waals surface area (Å²) in [7, 11) is 0. The van der Waals surface area contributed by atoms with E-state index in [1.165, 1.54) is 36.4 Å². The van der Waals surface area contributed by atoms with Crippen molar-refractivity contribution in [3.8, 4) is 17.1 Å². The topological polar surface area (TPSA) is 100 Å². The second kappa shape index (κ2) is 7.50. The molecule has 0 unspecified atom stereocenters. The highest BCUT2D eigenvalue weighted by Gasteiger charge is 2.26. The molecule has 1 heterocycles. The van der Waals surface area contributed by atoms with E-state index in [9.17, 15) is 19.3 Å². The molecule has 0 aliphatic carbocycles. The van der Waals surface area contributed by atoms with Crippen LogP contribution in [0.3, 0.4) is 0 Å². The van der Waals surface area contributed by atoms with Gasteiger partial charge in [0.2, 0.25) is 5.82 Å². The molecule has 2 aromatic carbocycles. The van der Waals surface area contributed by atoms with Crippen LogP contribution in [0, 0.1) is 15.9 Å².